The van der Waals surface area contributed by atoms with Gasteiger partial charge in [0.1, 0.15) is 18.1 Å². The summed E-state index contributed by atoms with van der Waals surface area (Å²) in [6.07, 6.45) is 0. The van der Waals surface area contributed by atoms with E-state index in [1.807, 2.05) is 13.8 Å². The molecule has 33 heavy (non-hydrogen) atoms. The third-order valence-corrected chi connectivity index (χ3v) is 5.18. The molecule has 2 heterocycles. The van der Waals surface area contributed by atoms with Crippen LogP contribution in [0.4, 0.5) is 0 Å². The number of esters is 2. The lowest BCUT2D eigenvalue weighted by Crippen LogP contribution is -2.15. The highest BCUT2D eigenvalue weighted by molar-refractivity contribution is 6.03. The van der Waals surface area contributed by atoms with Gasteiger partial charge in [-0.1, -0.05) is 5.16 Å². The predicted octanol–water partition coefficient (Wildman–Crippen LogP) is 4.03. The number of carbonyl (C=O) groups is 3. The van der Waals surface area contributed by atoms with Gasteiger partial charge in [0.05, 0.1) is 34.7 Å². The van der Waals surface area contributed by atoms with Gasteiger partial charge in [-0.3, -0.25) is 4.79 Å². The van der Waals surface area contributed by atoms with E-state index in [0.29, 0.717) is 34.9 Å². The number of aromatic nitrogens is 2. The van der Waals surface area contributed by atoms with Crippen LogP contribution in [0.3, 0.4) is 0 Å². The summed E-state index contributed by atoms with van der Waals surface area (Å²) in [6, 6.07) is 6.39. The van der Waals surface area contributed by atoms with Crippen molar-refractivity contribution in [3.63, 3.8) is 0 Å². The van der Waals surface area contributed by atoms with Crippen molar-refractivity contribution in [1.29, 1.82) is 0 Å². The Morgan fingerprint density at radius 2 is 1.70 bits per heavy atom. The molecular formula is C24H26N2O7. The summed E-state index contributed by atoms with van der Waals surface area (Å²) in [5.41, 5.74) is 3.43. The van der Waals surface area contributed by atoms with Gasteiger partial charge in [0, 0.05) is 5.69 Å². The number of benzene rings is 1. The number of hydrogen-bond donors (Lipinski definition) is 1. The molecule has 9 heteroatoms. The van der Waals surface area contributed by atoms with E-state index in [-0.39, 0.29) is 17.9 Å². The largest absolute Gasteiger partial charge is 0.489 e. The summed E-state index contributed by atoms with van der Waals surface area (Å²) < 4.78 is 21.0. The van der Waals surface area contributed by atoms with Crippen molar-refractivity contribution in [3.8, 4) is 5.75 Å². The molecule has 3 rings (SSSR count). The molecule has 0 aliphatic carbocycles. The van der Waals surface area contributed by atoms with Crippen LogP contribution in [0.2, 0.25) is 0 Å². The van der Waals surface area contributed by atoms with Crippen molar-refractivity contribution in [2.24, 2.45) is 0 Å². The van der Waals surface area contributed by atoms with Crippen molar-refractivity contribution in [2.45, 2.75) is 41.2 Å². The van der Waals surface area contributed by atoms with Crippen LogP contribution in [0.1, 0.15) is 66.4 Å². The van der Waals surface area contributed by atoms with E-state index in [0.717, 1.165) is 11.3 Å². The molecule has 0 bridgehead atoms. The molecule has 0 aliphatic heterocycles. The van der Waals surface area contributed by atoms with Crippen LogP contribution < -0.4 is 4.74 Å². The number of rotatable bonds is 9. The van der Waals surface area contributed by atoms with Crippen LogP contribution in [0.5, 0.6) is 5.75 Å². The fourth-order valence-electron chi connectivity index (χ4n) is 3.38. The summed E-state index contributed by atoms with van der Waals surface area (Å²) in [4.78, 5) is 39.9. The van der Waals surface area contributed by atoms with Gasteiger partial charge in [-0.05, 0) is 64.4 Å². The molecule has 0 saturated heterocycles. The maximum atomic E-state index is 12.6. The van der Waals surface area contributed by atoms with Gasteiger partial charge in [-0.2, -0.15) is 0 Å². The highest BCUT2D eigenvalue weighted by Crippen LogP contribution is 2.21. The lowest BCUT2D eigenvalue weighted by atomic mass is 10.1. The topological polar surface area (TPSA) is 121 Å². The van der Waals surface area contributed by atoms with Gasteiger partial charge in [-0.15, -0.1) is 0 Å². The van der Waals surface area contributed by atoms with E-state index in [1.165, 1.54) is 0 Å². The van der Waals surface area contributed by atoms with Crippen LogP contribution in [0, 0.1) is 27.7 Å². The first kappa shape index (κ1) is 23.8. The highest BCUT2D eigenvalue weighted by Gasteiger charge is 2.23. The summed E-state index contributed by atoms with van der Waals surface area (Å²) in [7, 11) is 0. The van der Waals surface area contributed by atoms with Crippen LogP contribution >= 0.6 is 0 Å². The minimum Gasteiger partial charge on any atom is -0.489 e. The Hall–Kier alpha value is -3.88. The first-order valence-electron chi connectivity index (χ1n) is 10.4. The molecule has 2 aromatic heterocycles. The van der Waals surface area contributed by atoms with Crippen LogP contribution in [0.25, 0.3) is 0 Å². The number of H-pyrrole nitrogens is 1. The quantitative estimate of drug-likeness (QED) is 0.380. The number of ether oxygens (including phenoxy) is 3. The molecule has 0 saturated carbocycles. The Bertz CT molecular complexity index is 1150. The number of Topliss-reactive ketones (excluding diaryl/α,β-unsaturated/α-hetero) is 1. The second-order valence-electron chi connectivity index (χ2n) is 7.46. The lowest BCUT2D eigenvalue weighted by molar-refractivity contribution is 0.0472. The molecular weight excluding hydrogens is 428 g/mol. The monoisotopic (exact) mass is 454 g/mol. The molecule has 1 N–H and O–H groups in total. The van der Waals surface area contributed by atoms with Crippen LogP contribution in [0.15, 0.2) is 28.8 Å². The molecule has 0 aliphatic rings. The normalized spacial score (nSPS) is 10.7. The van der Waals surface area contributed by atoms with Crippen molar-refractivity contribution in [3.05, 3.63) is 69.4 Å². The second kappa shape index (κ2) is 10.2. The molecule has 0 unspecified atom stereocenters. The molecule has 0 fully saturated rings. The van der Waals surface area contributed by atoms with Crippen molar-refractivity contribution in [2.75, 3.05) is 13.2 Å². The first-order valence-corrected chi connectivity index (χ1v) is 10.4. The Labute approximate surface area is 191 Å². The molecule has 3 aromatic rings. The van der Waals surface area contributed by atoms with E-state index >= 15 is 0 Å². The van der Waals surface area contributed by atoms with Crippen LogP contribution in [-0.4, -0.2) is 41.1 Å². The van der Waals surface area contributed by atoms with E-state index in [4.69, 9.17) is 18.7 Å². The van der Waals surface area contributed by atoms with Gasteiger partial charge in [0.15, 0.2) is 6.61 Å². The third-order valence-electron chi connectivity index (χ3n) is 5.18. The summed E-state index contributed by atoms with van der Waals surface area (Å²) >= 11 is 0. The number of nitrogens with zero attached hydrogens (tertiary/aromatic N) is 1. The van der Waals surface area contributed by atoms with Crippen LogP contribution in [-0.2, 0) is 16.1 Å². The molecule has 0 atom stereocenters. The number of aromatic amines is 1. The number of hydrogen-bond acceptors (Lipinski definition) is 8. The van der Waals surface area contributed by atoms with E-state index in [9.17, 15) is 14.4 Å². The van der Waals surface area contributed by atoms with E-state index < -0.39 is 24.3 Å². The van der Waals surface area contributed by atoms with Gasteiger partial charge < -0.3 is 23.7 Å². The Morgan fingerprint density at radius 1 is 1.00 bits per heavy atom. The molecule has 1 aromatic carbocycles. The van der Waals surface area contributed by atoms with Gasteiger partial charge in [-0.25, -0.2) is 9.59 Å². The SMILES string of the molecule is CCOC(=O)c1c(C)[nH]c(C(=O)COC(=O)c2ccc(OCc3c(C)noc3C)cc2)c1C. The Kier molecular flexibility index (Phi) is 7.32. The Balaban J connectivity index is 1.58. The Morgan fingerprint density at radius 3 is 2.30 bits per heavy atom. The van der Waals surface area contributed by atoms with Crippen molar-refractivity contribution in [1.82, 2.24) is 10.1 Å². The van der Waals surface area contributed by atoms with Crippen molar-refractivity contribution >= 4 is 17.7 Å². The standard InChI is InChI=1S/C24H26N2O7/c1-6-30-24(29)21-13(2)22(25-15(21)4)20(27)12-32-23(28)17-7-9-18(10-8-17)31-11-19-14(3)26-33-16(19)5/h7-10,25H,6,11-12H2,1-5H3. The van der Waals surface area contributed by atoms with E-state index in [1.54, 1.807) is 45.0 Å². The van der Waals surface area contributed by atoms with Crippen molar-refractivity contribution < 1.29 is 33.1 Å². The molecule has 9 nitrogen and oxygen atoms in total. The number of aryl methyl sites for hydroxylation is 3. The zero-order chi connectivity index (χ0) is 24.1. The average Bonchev–Trinajstić information content (AvgIpc) is 3.28. The van der Waals surface area contributed by atoms with Gasteiger partial charge in [0.25, 0.3) is 0 Å². The summed E-state index contributed by atoms with van der Waals surface area (Å²) in [6.45, 7) is 8.74. The van der Waals surface area contributed by atoms with E-state index in [2.05, 4.69) is 10.1 Å². The molecule has 0 amide bonds. The number of carbonyl (C=O) groups excluding carboxylic acids is 3. The maximum absolute atomic E-state index is 12.6. The smallest absolute Gasteiger partial charge is 0.340 e. The lowest BCUT2D eigenvalue weighted by Gasteiger charge is -2.08. The zero-order valence-corrected chi connectivity index (χ0v) is 19.2. The fraction of sp³-hybridized carbons (Fsp3) is 0.333. The highest BCUT2D eigenvalue weighted by atomic mass is 16.5. The van der Waals surface area contributed by atoms with Gasteiger partial charge >= 0.3 is 11.9 Å². The predicted molar refractivity (Wildman–Crippen MR) is 118 cm³/mol. The van der Waals surface area contributed by atoms with Gasteiger partial charge in [0.2, 0.25) is 5.78 Å². The minimum absolute atomic E-state index is 0.214. The molecule has 0 spiro atoms. The number of ketones is 1. The summed E-state index contributed by atoms with van der Waals surface area (Å²) in [5.74, 6) is -0.339. The second-order valence-corrected chi connectivity index (χ2v) is 7.46. The number of nitrogens with one attached hydrogen (secondary N) is 1. The average molecular weight is 454 g/mol. The fourth-order valence-corrected chi connectivity index (χ4v) is 3.38. The molecule has 0 radical (unpaired) electrons. The molecule has 174 valence electrons. The maximum Gasteiger partial charge on any atom is 0.340 e. The summed E-state index contributed by atoms with van der Waals surface area (Å²) in [5, 5.41) is 3.88. The first-order chi connectivity index (χ1) is 15.7. The zero-order valence-electron chi connectivity index (χ0n) is 19.2. The third kappa shape index (κ3) is 5.31. The minimum atomic E-state index is -0.646.